The smallest absolute Gasteiger partial charge is 0.160 e. The van der Waals surface area contributed by atoms with Crippen LogP contribution in [0.15, 0.2) is 206 Å². The van der Waals surface area contributed by atoms with E-state index >= 15 is 0 Å². The van der Waals surface area contributed by atoms with E-state index in [4.69, 9.17) is 9.97 Å². The van der Waals surface area contributed by atoms with Gasteiger partial charge in [0.2, 0.25) is 0 Å². The van der Waals surface area contributed by atoms with Gasteiger partial charge in [-0.15, -0.1) is 0 Å². The van der Waals surface area contributed by atoms with Crippen molar-refractivity contribution < 1.29 is 0 Å². The number of aromatic nitrogens is 2. The van der Waals surface area contributed by atoms with E-state index in [1.54, 1.807) is 0 Å². The first-order valence-corrected chi connectivity index (χ1v) is 17.6. The largest absolute Gasteiger partial charge is 0.228 e. The van der Waals surface area contributed by atoms with Crippen LogP contribution in [-0.2, 0) is 0 Å². The Morgan fingerprint density at radius 2 is 0.596 bits per heavy atom. The molecule has 0 aliphatic rings. The van der Waals surface area contributed by atoms with E-state index in [9.17, 15) is 0 Å². The van der Waals surface area contributed by atoms with Crippen LogP contribution in [0.5, 0.6) is 0 Å². The van der Waals surface area contributed by atoms with E-state index in [0.29, 0.717) is 5.82 Å². The van der Waals surface area contributed by atoms with Crippen LogP contribution in [-0.4, -0.2) is 9.97 Å². The van der Waals surface area contributed by atoms with Crippen molar-refractivity contribution in [2.24, 2.45) is 0 Å². The van der Waals surface area contributed by atoms with Crippen LogP contribution < -0.4 is 0 Å². The highest BCUT2D eigenvalue weighted by Crippen LogP contribution is 2.34. The van der Waals surface area contributed by atoms with E-state index in [2.05, 4.69) is 200 Å². The van der Waals surface area contributed by atoms with Crippen LogP contribution in [0.3, 0.4) is 0 Å². The van der Waals surface area contributed by atoms with E-state index < -0.39 is 0 Å². The van der Waals surface area contributed by atoms with Gasteiger partial charge in [-0.05, 0) is 91.7 Å². The van der Waals surface area contributed by atoms with Crippen molar-refractivity contribution in [3.63, 3.8) is 0 Å². The first-order valence-electron chi connectivity index (χ1n) is 17.6. The van der Waals surface area contributed by atoms with Crippen molar-refractivity contribution >= 4 is 10.8 Å². The average Bonchev–Trinajstić information content (AvgIpc) is 3.24. The van der Waals surface area contributed by atoms with Crippen LogP contribution in [0.2, 0.25) is 0 Å². The molecular formula is C50H34N2. The predicted molar refractivity (Wildman–Crippen MR) is 218 cm³/mol. The first kappa shape index (κ1) is 31.1. The quantitative estimate of drug-likeness (QED) is 0.170. The number of nitrogens with zero attached hydrogens (tertiary/aromatic N) is 2. The highest BCUT2D eigenvalue weighted by molar-refractivity contribution is 5.88. The lowest BCUT2D eigenvalue weighted by Crippen LogP contribution is -1.96. The van der Waals surface area contributed by atoms with Gasteiger partial charge in [-0.25, -0.2) is 9.97 Å². The van der Waals surface area contributed by atoms with Gasteiger partial charge in [0.25, 0.3) is 0 Å². The van der Waals surface area contributed by atoms with Crippen molar-refractivity contribution in [1.29, 1.82) is 0 Å². The van der Waals surface area contributed by atoms with Crippen LogP contribution >= 0.6 is 0 Å². The summed E-state index contributed by atoms with van der Waals surface area (Å²) in [4.78, 5) is 10.3. The summed E-state index contributed by atoms with van der Waals surface area (Å²) in [6.07, 6.45) is 0. The summed E-state index contributed by atoms with van der Waals surface area (Å²) in [5.41, 5.74) is 14.3. The molecule has 0 atom stereocenters. The summed E-state index contributed by atoms with van der Waals surface area (Å²) >= 11 is 0. The Bertz CT molecular complexity index is 2680. The minimum absolute atomic E-state index is 0.702. The number of rotatable bonds is 7. The van der Waals surface area contributed by atoms with E-state index in [1.165, 1.54) is 44.2 Å². The lowest BCUT2D eigenvalue weighted by Gasteiger charge is -2.12. The molecule has 1 aromatic heterocycles. The van der Waals surface area contributed by atoms with Gasteiger partial charge in [-0.2, -0.15) is 0 Å². The number of hydrogen-bond donors (Lipinski definition) is 0. The van der Waals surface area contributed by atoms with Gasteiger partial charge in [-0.1, -0.05) is 170 Å². The predicted octanol–water partition coefficient (Wildman–Crippen LogP) is 13.3. The molecular weight excluding hydrogens is 629 g/mol. The van der Waals surface area contributed by atoms with Gasteiger partial charge in [0.05, 0.1) is 11.4 Å². The zero-order valence-electron chi connectivity index (χ0n) is 28.5. The molecule has 0 saturated carbocycles. The van der Waals surface area contributed by atoms with Crippen LogP contribution in [0.25, 0.3) is 89.2 Å². The Labute approximate surface area is 304 Å². The van der Waals surface area contributed by atoms with Crippen molar-refractivity contribution in [3.8, 4) is 78.4 Å². The van der Waals surface area contributed by atoms with Gasteiger partial charge >= 0.3 is 0 Å². The Morgan fingerprint density at radius 1 is 0.212 bits per heavy atom. The number of benzene rings is 8. The van der Waals surface area contributed by atoms with E-state index in [1.807, 2.05) is 6.07 Å². The fraction of sp³-hybridized carbons (Fsp3) is 0. The standard InChI is InChI=1S/C50H34N2/c1-3-13-35(14-4-1)39-19-9-20-40(29-39)41-21-10-22-42(30-41)43-23-11-24-44(31-43)45-25-12-26-47(33-45)50-51-48(37-16-5-2-6-17-37)34-49(52-50)46-28-27-36-15-7-8-18-38(36)32-46/h1-34H. The summed E-state index contributed by atoms with van der Waals surface area (Å²) in [6, 6.07) is 72.9. The Kier molecular flexibility index (Phi) is 8.24. The molecule has 9 rings (SSSR count). The molecule has 9 aromatic rings. The Morgan fingerprint density at radius 3 is 1.13 bits per heavy atom. The van der Waals surface area contributed by atoms with Crippen LogP contribution in [0.4, 0.5) is 0 Å². The van der Waals surface area contributed by atoms with Gasteiger partial charge in [0.15, 0.2) is 5.82 Å². The number of hydrogen-bond acceptors (Lipinski definition) is 2. The second-order valence-corrected chi connectivity index (χ2v) is 13.1. The molecule has 0 aliphatic heterocycles. The van der Waals surface area contributed by atoms with E-state index in [0.717, 1.165) is 39.2 Å². The van der Waals surface area contributed by atoms with Gasteiger partial charge in [0.1, 0.15) is 0 Å². The van der Waals surface area contributed by atoms with Crippen molar-refractivity contribution in [3.05, 3.63) is 206 Å². The Hall–Kier alpha value is -6.90. The van der Waals surface area contributed by atoms with Crippen LogP contribution in [0, 0.1) is 0 Å². The maximum atomic E-state index is 5.16. The molecule has 0 amide bonds. The minimum atomic E-state index is 0.702. The summed E-state index contributed by atoms with van der Waals surface area (Å²) in [5.74, 6) is 0.702. The summed E-state index contributed by atoms with van der Waals surface area (Å²) in [5, 5.41) is 2.40. The summed E-state index contributed by atoms with van der Waals surface area (Å²) < 4.78 is 0. The second kappa shape index (κ2) is 13.8. The second-order valence-electron chi connectivity index (χ2n) is 13.1. The number of fused-ring (bicyclic) bond motifs is 1. The van der Waals surface area contributed by atoms with Crippen molar-refractivity contribution in [2.45, 2.75) is 0 Å². The third-order valence-electron chi connectivity index (χ3n) is 9.66. The average molecular weight is 663 g/mol. The van der Waals surface area contributed by atoms with Gasteiger partial charge in [0, 0.05) is 16.7 Å². The normalized spacial score (nSPS) is 11.1. The maximum Gasteiger partial charge on any atom is 0.160 e. The first-order chi connectivity index (χ1) is 25.7. The zero-order chi connectivity index (χ0) is 34.7. The molecule has 0 aliphatic carbocycles. The molecule has 0 radical (unpaired) electrons. The highest BCUT2D eigenvalue weighted by atomic mass is 14.9. The molecule has 244 valence electrons. The zero-order valence-corrected chi connectivity index (χ0v) is 28.5. The fourth-order valence-corrected chi connectivity index (χ4v) is 6.93. The molecule has 0 unspecified atom stereocenters. The lowest BCUT2D eigenvalue weighted by atomic mass is 9.94. The minimum Gasteiger partial charge on any atom is -0.228 e. The van der Waals surface area contributed by atoms with Gasteiger partial charge in [-0.3, -0.25) is 0 Å². The van der Waals surface area contributed by atoms with Crippen LogP contribution in [0.1, 0.15) is 0 Å². The highest BCUT2D eigenvalue weighted by Gasteiger charge is 2.13. The molecule has 8 aromatic carbocycles. The van der Waals surface area contributed by atoms with Crippen molar-refractivity contribution in [2.75, 3.05) is 0 Å². The SMILES string of the molecule is c1ccc(-c2cccc(-c3cccc(-c4cccc(-c5cccc(-c6nc(-c7ccccc7)cc(-c7ccc8ccccc8c7)n6)c5)c4)c3)c2)cc1. The van der Waals surface area contributed by atoms with Gasteiger partial charge < -0.3 is 0 Å². The molecule has 0 saturated heterocycles. The summed E-state index contributed by atoms with van der Waals surface area (Å²) in [7, 11) is 0. The Balaban J connectivity index is 1.07. The monoisotopic (exact) mass is 662 g/mol. The molecule has 0 fully saturated rings. The molecule has 0 spiro atoms. The lowest BCUT2D eigenvalue weighted by molar-refractivity contribution is 1.18. The molecule has 1 heterocycles. The van der Waals surface area contributed by atoms with E-state index in [-0.39, 0.29) is 0 Å². The van der Waals surface area contributed by atoms with Crippen molar-refractivity contribution in [1.82, 2.24) is 9.97 Å². The molecule has 2 nitrogen and oxygen atoms in total. The fourth-order valence-electron chi connectivity index (χ4n) is 6.93. The molecule has 0 bridgehead atoms. The molecule has 0 N–H and O–H groups in total. The third-order valence-corrected chi connectivity index (χ3v) is 9.66. The molecule has 2 heteroatoms. The summed E-state index contributed by atoms with van der Waals surface area (Å²) in [6.45, 7) is 0. The maximum absolute atomic E-state index is 5.16. The topological polar surface area (TPSA) is 25.8 Å². The molecule has 52 heavy (non-hydrogen) atoms. The third kappa shape index (κ3) is 6.42.